The van der Waals surface area contributed by atoms with Crippen LogP contribution in [0.4, 0.5) is 10.1 Å². The topological polar surface area (TPSA) is 67.9 Å². The quantitative estimate of drug-likeness (QED) is 0.795. The third kappa shape index (κ3) is 4.42. The lowest BCUT2D eigenvalue weighted by Crippen LogP contribution is -2.30. The van der Waals surface area contributed by atoms with Gasteiger partial charge in [0.15, 0.2) is 11.5 Å². The molecule has 0 spiro atoms. The van der Waals surface area contributed by atoms with E-state index in [2.05, 4.69) is 5.32 Å². The molecule has 0 aliphatic carbocycles. The van der Waals surface area contributed by atoms with Gasteiger partial charge in [-0.3, -0.25) is 9.59 Å². The molecule has 1 aliphatic heterocycles. The number of amides is 2. The summed E-state index contributed by atoms with van der Waals surface area (Å²) in [6.07, 6.45) is 0.568. The predicted molar refractivity (Wildman–Crippen MR) is 103 cm³/mol. The molecule has 1 fully saturated rings. The number of methoxy groups -OCH3 is 2. The van der Waals surface area contributed by atoms with Gasteiger partial charge in [0.1, 0.15) is 5.82 Å². The normalized spacial score (nSPS) is 16.2. The number of likely N-dealkylation sites (tertiary alicyclic amines) is 1. The minimum absolute atomic E-state index is 0.0937. The smallest absolute Gasteiger partial charge is 0.229 e. The first-order valence-corrected chi connectivity index (χ1v) is 9.06. The molecular weight excluding hydrogens is 363 g/mol. The number of rotatable bonds is 7. The van der Waals surface area contributed by atoms with Crippen molar-refractivity contribution < 1.29 is 23.5 Å². The molecule has 7 heteroatoms. The first kappa shape index (κ1) is 19.7. The van der Waals surface area contributed by atoms with Gasteiger partial charge in [-0.05, 0) is 30.2 Å². The van der Waals surface area contributed by atoms with Gasteiger partial charge in [0, 0.05) is 31.3 Å². The number of nitrogens with one attached hydrogen (secondary N) is 1. The van der Waals surface area contributed by atoms with Crippen LogP contribution in [0, 0.1) is 11.7 Å². The van der Waals surface area contributed by atoms with Gasteiger partial charge in [0.25, 0.3) is 0 Å². The first-order valence-electron chi connectivity index (χ1n) is 9.06. The molecule has 3 rings (SSSR count). The third-order valence-electron chi connectivity index (χ3n) is 4.85. The van der Waals surface area contributed by atoms with Gasteiger partial charge < -0.3 is 19.7 Å². The minimum Gasteiger partial charge on any atom is -0.493 e. The highest BCUT2D eigenvalue weighted by atomic mass is 19.1. The summed E-state index contributed by atoms with van der Waals surface area (Å²) in [4.78, 5) is 26.4. The lowest BCUT2D eigenvalue weighted by molar-refractivity contribution is -0.128. The second-order valence-corrected chi connectivity index (χ2v) is 6.64. The Hall–Kier alpha value is -3.09. The fraction of sp³-hybridized carbons (Fsp3) is 0.333. The van der Waals surface area contributed by atoms with Gasteiger partial charge in [0.2, 0.25) is 11.8 Å². The number of ether oxygens (including phenoxy) is 2. The second-order valence-electron chi connectivity index (χ2n) is 6.64. The Balaban J connectivity index is 1.58. The van der Waals surface area contributed by atoms with E-state index in [9.17, 15) is 14.0 Å². The summed E-state index contributed by atoms with van der Waals surface area (Å²) in [5.41, 5.74) is 1.13. The number of anilines is 1. The van der Waals surface area contributed by atoms with Gasteiger partial charge in [-0.2, -0.15) is 0 Å². The SMILES string of the molecule is COc1ccc(NC(=O)C2CC(=O)N(CCc3ccccc3F)C2)cc1OC. The molecule has 148 valence electrons. The molecule has 0 aromatic heterocycles. The van der Waals surface area contributed by atoms with Crippen LogP contribution in [0.2, 0.25) is 0 Å². The third-order valence-corrected chi connectivity index (χ3v) is 4.85. The van der Waals surface area contributed by atoms with Crippen molar-refractivity contribution in [3.8, 4) is 11.5 Å². The number of carbonyl (C=O) groups excluding carboxylic acids is 2. The van der Waals surface area contributed by atoms with Crippen molar-refractivity contribution in [2.24, 2.45) is 5.92 Å². The molecule has 1 atom stereocenters. The molecule has 28 heavy (non-hydrogen) atoms. The summed E-state index contributed by atoms with van der Waals surface area (Å²) >= 11 is 0. The van der Waals surface area contributed by atoms with Crippen LogP contribution in [-0.2, 0) is 16.0 Å². The minimum atomic E-state index is -0.443. The number of hydrogen-bond donors (Lipinski definition) is 1. The van der Waals surface area contributed by atoms with Crippen LogP contribution in [0.3, 0.4) is 0 Å². The van der Waals surface area contributed by atoms with Gasteiger partial charge in [0.05, 0.1) is 20.1 Å². The average molecular weight is 386 g/mol. The molecule has 2 aromatic carbocycles. The van der Waals surface area contributed by atoms with E-state index in [0.717, 1.165) is 0 Å². The maximum Gasteiger partial charge on any atom is 0.229 e. The van der Waals surface area contributed by atoms with Crippen LogP contribution < -0.4 is 14.8 Å². The molecule has 1 saturated heterocycles. The zero-order valence-corrected chi connectivity index (χ0v) is 15.9. The van der Waals surface area contributed by atoms with Crippen molar-refractivity contribution in [1.29, 1.82) is 0 Å². The number of benzene rings is 2. The van der Waals surface area contributed by atoms with Gasteiger partial charge in [-0.15, -0.1) is 0 Å². The molecule has 2 aromatic rings. The first-order chi connectivity index (χ1) is 13.5. The highest BCUT2D eigenvalue weighted by molar-refractivity contribution is 5.97. The number of hydrogen-bond acceptors (Lipinski definition) is 4. The Labute approximate surface area is 163 Å². The summed E-state index contributed by atoms with van der Waals surface area (Å²) in [6.45, 7) is 0.715. The molecule has 1 unspecified atom stereocenters. The van der Waals surface area contributed by atoms with Crippen molar-refractivity contribution in [2.45, 2.75) is 12.8 Å². The number of carbonyl (C=O) groups is 2. The molecule has 6 nitrogen and oxygen atoms in total. The van der Waals surface area contributed by atoms with E-state index in [1.54, 1.807) is 41.3 Å². The molecular formula is C21H23FN2O4. The van der Waals surface area contributed by atoms with Crippen LogP contribution in [0.5, 0.6) is 11.5 Å². The van der Waals surface area contributed by atoms with E-state index in [1.807, 2.05) is 0 Å². The van der Waals surface area contributed by atoms with Crippen LogP contribution >= 0.6 is 0 Å². The van der Waals surface area contributed by atoms with Crippen LogP contribution in [0.1, 0.15) is 12.0 Å². The van der Waals surface area contributed by atoms with E-state index in [4.69, 9.17) is 9.47 Å². The van der Waals surface area contributed by atoms with Crippen molar-refractivity contribution in [3.63, 3.8) is 0 Å². The fourth-order valence-corrected chi connectivity index (χ4v) is 3.28. The summed E-state index contributed by atoms with van der Waals surface area (Å²) in [7, 11) is 3.06. The average Bonchev–Trinajstić information content (AvgIpc) is 3.08. The molecule has 0 radical (unpaired) electrons. The summed E-state index contributed by atoms with van der Waals surface area (Å²) < 4.78 is 24.1. The maximum absolute atomic E-state index is 13.7. The highest BCUT2D eigenvalue weighted by Gasteiger charge is 2.34. The number of halogens is 1. The Morgan fingerprint density at radius 1 is 1.18 bits per heavy atom. The summed E-state index contributed by atoms with van der Waals surface area (Å²) in [5, 5.41) is 2.82. The molecule has 1 aliphatic rings. The maximum atomic E-state index is 13.7. The molecule has 0 saturated carbocycles. The van der Waals surface area contributed by atoms with Gasteiger partial charge in [-0.1, -0.05) is 18.2 Å². The number of nitrogens with zero attached hydrogens (tertiary/aromatic N) is 1. The van der Waals surface area contributed by atoms with Crippen LogP contribution in [0.15, 0.2) is 42.5 Å². The molecule has 1 heterocycles. The van der Waals surface area contributed by atoms with Crippen molar-refractivity contribution in [2.75, 3.05) is 32.6 Å². The zero-order chi connectivity index (χ0) is 20.1. The summed E-state index contributed by atoms with van der Waals surface area (Å²) in [5.74, 6) is 0.0287. The van der Waals surface area contributed by atoms with E-state index in [-0.39, 0.29) is 24.1 Å². The monoisotopic (exact) mass is 386 g/mol. The van der Waals surface area contributed by atoms with Gasteiger partial charge >= 0.3 is 0 Å². The van der Waals surface area contributed by atoms with Crippen LogP contribution in [0.25, 0.3) is 0 Å². The fourth-order valence-electron chi connectivity index (χ4n) is 3.28. The molecule has 0 bridgehead atoms. The van der Waals surface area contributed by atoms with Crippen LogP contribution in [-0.4, -0.2) is 44.0 Å². The van der Waals surface area contributed by atoms with Gasteiger partial charge in [-0.25, -0.2) is 4.39 Å². The van der Waals surface area contributed by atoms with E-state index >= 15 is 0 Å². The largest absolute Gasteiger partial charge is 0.493 e. The second kappa shape index (κ2) is 8.73. The van der Waals surface area contributed by atoms with E-state index in [0.29, 0.717) is 42.3 Å². The van der Waals surface area contributed by atoms with E-state index in [1.165, 1.54) is 20.3 Å². The lowest BCUT2D eigenvalue weighted by atomic mass is 10.1. The predicted octanol–water partition coefficient (Wildman–Crippen LogP) is 2.87. The Kier molecular flexibility index (Phi) is 6.13. The Morgan fingerprint density at radius 3 is 2.64 bits per heavy atom. The molecule has 2 amide bonds. The standard InChI is InChI=1S/C21H23FN2O4/c1-27-18-8-7-16(12-19(18)28-2)23-21(26)15-11-20(25)24(13-15)10-9-14-5-3-4-6-17(14)22/h3-8,12,15H,9-11,13H2,1-2H3,(H,23,26). The Morgan fingerprint density at radius 2 is 1.93 bits per heavy atom. The summed E-state index contributed by atoms with van der Waals surface area (Å²) in [6, 6.07) is 11.6. The Bertz CT molecular complexity index is 871. The van der Waals surface area contributed by atoms with Crippen molar-refractivity contribution in [3.05, 3.63) is 53.8 Å². The zero-order valence-electron chi connectivity index (χ0n) is 15.9. The molecule has 1 N–H and O–H groups in total. The van der Waals surface area contributed by atoms with Crippen molar-refractivity contribution >= 4 is 17.5 Å². The van der Waals surface area contributed by atoms with Crippen molar-refractivity contribution in [1.82, 2.24) is 4.90 Å². The lowest BCUT2D eigenvalue weighted by Gasteiger charge is -2.17. The van der Waals surface area contributed by atoms with E-state index < -0.39 is 5.92 Å². The highest BCUT2D eigenvalue weighted by Crippen LogP contribution is 2.30.